The molecule has 2 aromatic rings. The normalized spacial score (nSPS) is 17.1. The van der Waals surface area contributed by atoms with Crippen LogP contribution in [0, 0.1) is 11.3 Å². The van der Waals surface area contributed by atoms with Crippen molar-refractivity contribution in [3.8, 4) is 23.3 Å². The molecular formula is C20H15F4NO3. The van der Waals surface area contributed by atoms with E-state index in [4.69, 9.17) is 9.47 Å². The molecule has 28 heavy (non-hydrogen) atoms. The van der Waals surface area contributed by atoms with E-state index in [-0.39, 0.29) is 22.4 Å². The van der Waals surface area contributed by atoms with E-state index in [9.17, 15) is 22.8 Å². The maximum absolute atomic E-state index is 13.9. The molecule has 0 fully saturated rings. The average Bonchev–Trinajstić information content (AvgIpc) is 2.66. The Morgan fingerprint density at radius 1 is 1.11 bits per heavy atom. The van der Waals surface area contributed by atoms with Gasteiger partial charge in [-0.3, -0.25) is 0 Å². The summed E-state index contributed by atoms with van der Waals surface area (Å²) in [5, 5.41) is 9.21. The van der Waals surface area contributed by atoms with Gasteiger partial charge in [0.05, 0.1) is 26.7 Å². The molecule has 0 spiro atoms. The zero-order valence-electron chi connectivity index (χ0n) is 14.9. The van der Waals surface area contributed by atoms with E-state index >= 15 is 0 Å². The number of methoxy groups -OCH3 is 2. The van der Waals surface area contributed by atoms with Crippen LogP contribution in [0.1, 0.15) is 16.7 Å². The maximum Gasteiger partial charge on any atom is 0.464 e. The van der Waals surface area contributed by atoms with Crippen molar-refractivity contribution in [2.45, 2.75) is 18.5 Å². The second-order valence-electron chi connectivity index (χ2n) is 6.07. The highest BCUT2D eigenvalue weighted by atomic mass is 19.3. The molecule has 0 amide bonds. The van der Waals surface area contributed by atoms with Gasteiger partial charge in [0.25, 0.3) is 0 Å². The molecule has 146 valence electrons. The Morgan fingerprint density at radius 3 is 2.32 bits per heavy atom. The number of allylic oxidation sites excluding steroid dienone is 1. The van der Waals surface area contributed by atoms with Gasteiger partial charge in [0.1, 0.15) is 17.2 Å². The van der Waals surface area contributed by atoms with Gasteiger partial charge in [-0.05, 0) is 29.3 Å². The zero-order chi connectivity index (χ0) is 20.5. The maximum atomic E-state index is 13.9. The van der Waals surface area contributed by atoms with Crippen LogP contribution < -0.4 is 14.2 Å². The van der Waals surface area contributed by atoms with Gasteiger partial charge in [-0.25, -0.2) is 0 Å². The molecule has 0 atom stereocenters. The van der Waals surface area contributed by atoms with Crippen LogP contribution in [0.4, 0.5) is 17.6 Å². The van der Waals surface area contributed by atoms with E-state index in [1.807, 2.05) is 6.07 Å². The fraction of sp³-hybridized carbons (Fsp3) is 0.250. The van der Waals surface area contributed by atoms with Crippen molar-refractivity contribution in [2.75, 3.05) is 14.2 Å². The van der Waals surface area contributed by atoms with Crippen LogP contribution >= 0.6 is 0 Å². The molecule has 4 nitrogen and oxygen atoms in total. The number of benzene rings is 2. The van der Waals surface area contributed by atoms with Gasteiger partial charge >= 0.3 is 12.0 Å². The lowest BCUT2D eigenvalue weighted by atomic mass is 9.89. The second-order valence-corrected chi connectivity index (χ2v) is 6.07. The number of ether oxygens (including phenoxy) is 3. The van der Waals surface area contributed by atoms with E-state index in [0.29, 0.717) is 17.1 Å². The first-order chi connectivity index (χ1) is 13.2. The Balaban J connectivity index is 2.20. The summed E-state index contributed by atoms with van der Waals surface area (Å²) in [5.74, 6) is -3.92. The minimum absolute atomic E-state index is 0.110. The van der Waals surface area contributed by atoms with Gasteiger partial charge < -0.3 is 14.2 Å². The molecule has 0 aromatic heterocycles. The van der Waals surface area contributed by atoms with Crippen molar-refractivity contribution in [3.63, 3.8) is 0 Å². The molecule has 0 radical (unpaired) electrons. The number of hydrogen-bond donors (Lipinski definition) is 0. The Morgan fingerprint density at radius 2 is 1.75 bits per heavy atom. The van der Waals surface area contributed by atoms with Crippen molar-refractivity contribution >= 4 is 5.57 Å². The summed E-state index contributed by atoms with van der Waals surface area (Å²) in [4.78, 5) is 0. The molecule has 0 unspecified atom stereocenters. The highest BCUT2D eigenvalue weighted by Gasteiger charge is 2.62. The first-order valence-corrected chi connectivity index (χ1v) is 8.12. The van der Waals surface area contributed by atoms with Crippen LogP contribution in [-0.4, -0.2) is 26.3 Å². The Hall–Kier alpha value is -3.21. The summed E-state index contributed by atoms with van der Waals surface area (Å²) >= 11 is 0. The first-order valence-electron chi connectivity index (χ1n) is 8.12. The molecular weight excluding hydrogens is 378 g/mol. The summed E-state index contributed by atoms with van der Waals surface area (Å²) in [6.07, 6.45) is -4.69. The highest BCUT2D eigenvalue weighted by Crippen LogP contribution is 2.47. The number of nitrogens with zero attached hydrogens (tertiary/aromatic N) is 1. The summed E-state index contributed by atoms with van der Waals surface area (Å²) in [6.45, 7) is 0. The van der Waals surface area contributed by atoms with Gasteiger partial charge in [0.15, 0.2) is 0 Å². The Labute approximate surface area is 158 Å². The average molecular weight is 393 g/mol. The van der Waals surface area contributed by atoms with Crippen LogP contribution in [-0.2, 0) is 6.42 Å². The highest BCUT2D eigenvalue weighted by molar-refractivity contribution is 5.85. The van der Waals surface area contributed by atoms with E-state index in [0.717, 1.165) is 6.08 Å². The molecule has 8 heteroatoms. The molecule has 1 aliphatic heterocycles. The molecule has 0 bridgehead atoms. The van der Waals surface area contributed by atoms with Crippen LogP contribution in [0.15, 0.2) is 42.5 Å². The first kappa shape index (κ1) is 19.5. The molecule has 0 saturated heterocycles. The third-order valence-electron chi connectivity index (χ3n) is 4.36. The number of rotatable bonds is 4. The fourth-order valence-electron chi connectivity index (χ4n) is 2.98. The van der Waals surface area contributed by atoms with Crippen molar-refractivity contribution < 1.29 is 31.8 Å². The Kier molecular flexibility index (Phi) is 4.94. The van der Waals surface area contributed by atoms with E-state index < -0.39 is 18.5 Å². The third kappa shape index (κ3) is 3.36. The van der Waals surface area contributed by atoms with Crippen molar-refractivity contribution in [1.82, 2.24) is 0 Å². The molecule has 0 saturated carbocycles. The lowest BCUT2D eigenvalue weighted by molar-refractivity contribution is -0.316. The number of halogens is 4. The van der Waals surface area contributed by atoms with E-state index in [2.05, 4.69) is 4.74 Å². The largest absolute Gasteiger partial charge is 0.497 e. The SMILES string of the molecule is COc1cc(OC)cc(C(=CC#N)c2cccc3c2CC(F)(F)C(F)(F)O3)c1. The van der Waals surface area contributed by atoms with Gasteiger partial charge in [-0.2, -0.15) is 22.8 Å². The molecule has 1 heterocycles. The Bertz CT molecular complexity index is 958. The summed E-state index contributed by atoms with van der Waals surface area (Å²) in [7, 11) is 2.88. The second kappa shape index (κ2) is 7.08. The van der Waals surface area contributed by atoms with Gasteiger partial charge in [-0.1, -0.05) is 12.1 Å². The van der Waals surface area contributed by atoms with Crippen LogP contribution in [0.5, 0.6) is 17.2 Å². The number of alkyl halides is 4. The standard InChI is InChI=1S/C20H15F4NO3/c1-26-13-8-12(9-14(10-13)27-2)15(6-7-25)16-4-3-5-18-17(16)11-19(21,22)20(23,24)28-18/h3-6,8-10H,11H2,1-2H3. The predicted octanol–water partition coefficient (Wildman–Crippen LogP) is 4.82. The van der Waals surface area contributed by atoms with Crippen molar-refractivity contribution in [3.05, 3.63) is 59.2 Å². The summed E-state index contributed by atoms with van der Waals surface area (Å²) in [6, 6.07) is 10.7. The summed E-state index contributed by atoms with van der Waals surface area (Å²) < 4.78 is 69.7. The van der Waals surface area contributed by atoms with Crippen LogP contribution in [0.25, 0.3) is 5.57 Å². The van der Waals surface area contributed by atoms with Gasteiger partial charge in [0.2, 0.25) is 0 Å². The van der Waals surface area contributed by atoms with Crippen LogP contribution in [0.3, 0.4) is 0 Å². The summed E-state index contributed by atoms with van der Waals surface area (Å²) in [5.41, 5.74) is 0.763. The fourth-order valence-corrected chi connectivity index (χ4v) is 2.98. The molecule has 3 rings (SSSR count). The van der Waals surface area contributed by atoms with Crippen molar-refractivity contribution in [1.29, 1.82) is 5.26 Å². The topological polar surface area (TPSA) is 51.5 Å². The molecule has 1 aliphatic rings. The van der Waals surface area contributed by atoms with Crippen molar-refractivity contribution in [2.24, 2.45) is 0 Å². The van der Waals surface area contributed by atoms with E-state index in [1.165, 1.54) is 32.4 Å². The molecule has 0 N–H and O–H groups in total. The minimum atomic E-state index is -4.61. The van der Waals surface area contributed by atoms with Gasteiger partial charge in [0, 0.05) is 23.3 Å². The third-order valence-corrected chi connectivity index (χ3v) is 4.36. The van der Waals surface area contributed by atoms with Crippen LogP contribution in [0.2, 0.25) is 0 Å². The number of fused-ring (bicyclic) bond motifs is 1. The lowest BCUT2D eigenvalue weighted by Crippen LogP contribution is -2.50. The number of hydrogen-bond acceptors (Lipinski definition) is 4. The quantitative estimate of drug-likeness (QED) is 0.552. The predicted molar refractivity (Wildman–Crippen MR) is 92.9 cm³/mol. The molecule has 0 aliphatic carbocycles. The molecule has 2 aromatic carbocycles. The lowest BCUT2D eigenvalue weighted by Gasteiger charge is -2.33. The minimum Gasteiger partial charge on any atom is -0.497 e. The smallest absolute Gasteiger partial charge is 0.464 e. The number of nitriles is 1. The zero-order valence-corrected chi connectivity index (χ0v) is 14.9. The van der Waals surface area contributed by atoms with E-state index in [1.54, 1.807) is 18.2 Å². The van der Waals surface area contributed by atoms with Gasteiger partial charge in [-0.15, -0.1) is 0 Å². The monoisotopic (exact) mass is 393 g/mol.